The highest BCUT2D eigenvalue weighted by Crippen LogP contribution is 2.22. The molecule has 1 aromatic rings. The second kappa shape index (κ2) is 7.80. The van der Waals surface area contributed by atoms with Gasteiger partial charge in [0.1, 0.15) is 0 Å². The largest absolute Gasteiger partial charge is 0.330 e. The summed E-state index contributed by atoms with van der Waals surface area (Å²) in [5.41, 5.74) is 8.50. The minimum Gasteiger partial charge on any atom is -0.330 e. The predicted octanol–water partition coefficient (Wildman–Crippen LogP) is 3.90. The second-order valence-electron chi connectivity index (χ2n) is 6.44. The van der Waals surface area contributed by atoms with Gasteiger partial charge in [0, 0.05) is 12.6 Å². The molecule has 112 valence electrons. The third kappa shape index (κ3) is 4.32. The van der Waals surface area contributed by atoms with Crippen molar-refractivity contribution in [1.29, 1.82) is 0 Å². The summed E-state index contributed by atoms with van der Waals surface area (Å²) >= 11 is 0. The lowest BCUT2D eigenvalue weighted by Gasteiger charge is -2.27. The molecule has 1 atom stereocenters. The summed E-state index contributed by atoms with van der Waals surface area (Å²) < 4.78 is 0. The van der Waals surface area contributed by atoms with Gasteiger partial charge in [0.05, 0.1) is 0 Å². The van der Waals surface area contributed by atoms with E-state index >= 15 is 0 Å². The molecule has 0 radical (unpaired) electrons. The fourth-order valence-electron chi connectivity index (χ4n) is 3.20. The van der Waals surface area contributed by atoms with Crippen LogP contribution in [0.2, 0.25) is 0 Å². The molecule has 20 heavy (non-hydrogen) atoms. The van der Waals surface area contributed by atoms with E-state index in [0.29, 0.717) is 5.92 Å². The molecular formula is C18H30N2. The lowest BCUT2D eigenvalue weighted by molar-refractivity contribution is 0.213. The highest BCUT2D eigenvalue weighted by atomic mass is 15.1. The van der Waals surface area contributed by atoms with Gasteiger partial charge in [-0.25, -0.2) is 0 Å². The Morgan fingerprint density at radius 1 is 1.10 bits per heavy atom. The Hall–Kier alpha value is -0.860. The van der Waals surface area contributed by atoms with Gasteiger partial charge in [0.15, 0.2) is 0 Å². The van der Waals surface area contributed by atoms with E-state index < -0.39 is 0 Å². The van der Waals surface area contributed by atoms with E-state index in [1.807, 2.05) is 0 Å². The molecule has 0 bridgehead atoms. The fraction of sp³-hybridized carbons (Fsp3) is 0.667. The average molecular weight is 274 g/mol. The molecule has 1 saturated carbocycles. The molecule has 0 aliphatic heterocycles. The Morgan fingerprint density at radius 3 is 2.25 bits per heavy atom. The van der Waals surface area contributed by atoms with Crippen LogP contribution < -0.4 is 5.73 Å². The van der Waals surface area contributed by atoms with E-state index in [4.69, 9.17) is 5.73 Å². The minimum atomic E-state index is 0.462. The molecule has 0 spiro atoms. The molecule has 1 unspecified atom stereocenters. The van der Waals surface area contributed by atoms with Gasteiger partial charge in [-0.1, -0.05) is 56.9 Å². The Morgan fingerprint density at radius 2 is 1.70 bits per heavy atom. The molecule has 2 nitrogen and oxygen atoms in total. The maximum absolute atomic E-state index is 5.73. The summed E-state index contributed by atoms with van der Waals surface area (Å²) in [5, 5.41) is 0. The van der Waals surface area contributed by atoms with Crippen LogP contribution in [-0.2, 0) is 6.54 Å². The summed E-state index contributed by atoms with van der Waals surface area (Å²) in [4.78, 5) is 2.55. The van der Waals surface area contributed by atoms with Crippen molar-refractivity contribution < 1.29 is 0 Å². The summed E-state index contributed by atoms with van der Waals surface area (Å²) in [5.74, 6) is 0.462. The monoisotopic (exact) mass is 274 g/mol. The van der Waals surface area contributed by atoms with Crippen molar-refractivity contribution in [2.75, 3.05) is 13.6 Å². The van der Waals surface area contributed by atoms with Gasteiger partial charge in [0.2, 0.25) is 0 Å². The first-order valence-electron chi connectivity index (χ1n) is 8.20. The maximum atomic E-state index is 5.73. The molecule has 1 aliphatic rings. The topological polar surface area (TPSA) is 29.3 Å². The first-order chi connectivity index (χ1) is 9.70. The molecule has 2 heteroatoms. The van der Waals surface area contributed by atoms with Gasteiger partial charge in [-0.15, -0.1) is 0 Å². The van der Waals surface area contributed by atoms with Gasteiger partial charge >= 0.3 is 0 Å². The first-order valence-corrected chi connectivity index (χ1v) is 8.20. The first kappa shape index (κ1) is 15.5. The molecule has 2 N–H and O–H groups in total. The Kier molecular flexibility index (Phi) is 6.06. The lowest BCUT2D eigenvalue weighted by atomic mass is 9.99. The van der Waals surface area contributed by atoms with Crippen molar-refractivity contribution >= 4 is 0 Å². The van der Waals surface area contributed by atoms with Crippen molar-refractivity contribution in [1.82, 2.24) is 4.90 Å². The number of benzene rings is 1. The highest BCUT2D eigenvalue weighted by Gasteiger charge is 2.16. The Bertz CT molecular complexity index is 377. The third-order valence-electron chi connectivity index (χ3n) is 4.78. The van der Waals surface area contributed by atoms with Gasteiger partial charge in [-0.2, -0.15) is 0 Å². The lowest BCUT2D eigenvalue weighted by Crippen LogP contribution is -2.30. The van der Waals surface area contributed by atoms with E-state index in [1.165, 1.54) is 49.7 Å². The zero-order valence-electron chi connectivity index (χ0n) is 13.1. The van der Waals surface area contributed by atoms with Gasteiger partial charge in [-0.05, 0) is 43.5 Å². The molecule has 1 aliphatic carbocycles. The number of nitrogens with two attached hydrogens (primary N) is 1. The standard InChI is InChI=1S/C18H30N2/c1-15(13-19)17-11-9-16(10-12-17)14-20(2)18-7-5-3-4-6-8-18/h9-12,15,18H,3-8,13-14,19H2,1-2H3. The SMILES string of the molecule is CC(CN)c1ccc(CN(C)C2CCCCCC2)cc1. The van der Waals surface area contributed by atoms with Crippen molar-refractivity contribution in [3.63, 3.8) is 0 Å². The molecule has 0 saturated heterocycles. The summed E-state index contributed by atoms with van der Waals surface area (Å²) in [6, 6.07) is 9.81. The van der Waals surface area contributed by atoms with E-state index in [2.05, 4.69) is 43.1 Å². The number of rotatable bonds is 5. The maximum Gasteiger partial charge on any atom is 0.0233 e. The average Bonchev–Trinajstić information content (AvgIpc) is 2.76. The van der Waals surface area contributed by atoms with Crippen LogP contribution in [0.1, 0.15) is 62.5 Å². The van der Waals surface area contributed by atoms with E-state index in [9.17, 15) is 0 Å². The number of hydrogen-bond donors (Lipinski definition) is 1. The van der Waals surface area contributed by atoms with Crippen LogP contribution in [0.25, 0.3) is 0 Å². The van der Waals surface area contributed by atoms with Crippen LogP contribution in [0.15, 0.2) is 24.3 Å². The van der Waals surface area contributed by atoms with Crippen molar-refractivity contribution in [2.24, 2.45) is 5.73 Å². The van der Waals surface area contributed by atoms with E-state index in [1.54, 1.807) is 0 Å². The second-order valence-corrected chi connectivity index (χ2v) is 6.44. The zero-order chi connectivity index (χ0) is 14.4. The van der Waals surface area contributed by atoms with E-state index in [-0.39, 0.29) is 0 Å². The molecule has 2 rings (SSSR count). The minimum absolute atomic E-state index is 0.462. The summed E-state index contributed by atoms with van der Waals surface area (Å²) in [6.07, 6.45) is 8.41. The van der Waals surface area contributed by atoms with Crippen LogP contribution in [0.3, 0.4) is 0 Å². The van der Waals surface area contributed by atoms with Crippen LogP contribution in [0.5, 0.6) is 0 Å². The van der Waals surface area contributed by atoms with Gasteiger partial charge < -0.3 is 5.73 Å². The molecule has 1 aromatic carbocycles. The van der Waals surface area contributed by atoms with Gasteiger partial charge in [-0.3, -0.25) is 4.90 Å². The smallest absolute Gasteiger partial charge is 0.0233 e. The van der Waals surface area contributed by atoms with Crippen molar-refractivity contribution in [2.45, 2.75) is 64.0 Å². The molecule has 0 aromatic heterocycles. The van der Waals surface area contributed by atoms with Crippen LogP contribution in [0, 0.1) is 0 Å². The predicted molar refractivity (Wildman–Crippen MR) is 86.9 cm³/mol. The summed E-state index contributed by atoms with van der Waals surface area (Å²) in [6.45, 7) is 3.98. The molecular weight excluding hydrogens is 244 g/mol. The molecule has 0 amide bonds. The fourth-order valence-corrected chi connectivity index (χ4v) is 3.20. The third-order valence-corrected chi connectivity index (χ3v) is 4.78. The Balaban J connectivity index is 1.91. The van der Waals surface area contributed by atoms with Crippen LogP contribution in [0.4, 0.5) is 0 Å². The molecule has 0 heterocycles. The zero-order valence-corrected chi connectivity index (χ0v) is 13.1. The highest BCUT2D eigenvalue weighted by molar-refractivity contribution is 5.25. The number of hydrogen-bond acceptors (Lipinski definition) is 2. The number of nitrogens with zero attached hydrogens (tertiary/aromatic N) is 1. The van der Waals surface area contributed by atoms with Crippen molar-refractivity contribution in [3.05, 3.63) is 35.4 Å². The quantitative estimate of drug-likeness (QED) is 0.825. The summed E-state index contributed by atoms with van der Waals surface area (Å²) in [7, 11) is 2.28. The normalized spacial score (nSPS) is 19.0. The van der Waals surface area contributed by atoms with Crippen LogP contribution >= 0.6 is 0 Å². The van der Waals surface area contributed by atoms with Gasteiger partial charge in [0.25, 0.3) is 0 Å². The molecule has 1 fully saturated rings. The van der Waals surface area contributed by atoms with E-state index in [0.717, 1.165) is 19.1 Å². The Labute approximate surface area is 124 Å². The van der Waals surface area contributed by atoms with Crippen molar-refractivity contribution in [3.8, 4) is 0 Å². The van der Waals surface area contributed by atoms with Crippen LogP contribution in [-0.4, -0.2) is 24.5 Å².